The highest BCUT2D eigenvalue weighted by Gasteiger charge is 2.16. The van der Waals surface area contributed by atoms with Crippen LogP contribution in [0.5, 0.6) is 0 Å². The number of nitrogens with zero attached hydrogens (tertiary/aromatic N) is 1. The Morgan fingerprint density at radius 2 is 1.77 bits per heavy atom. The van der Waals surface area contributed by atoms with Crippen molar-refractivity contribution < 1.29 is 4.74 Å². The standard InChI is InChI=1S/C13H27NO.C10H17N/c1-5-6-7-8-9-15-13(4)12(3)11(2)10-14;1-5-9-6-11-10(7(2)3)8(9)4/h13H,5-10,14H2,1-4H3;7H,5-6H2,1-4H3/b12-11+;. The van der Waals surface area contributed by atoms with Crippen molar-refractivity contribution in [1.29, 1.82) is 0 Å². The van der Waals surface area contributed by atoms with Gasteiger partial charge in [-0.2, -0.15) is 0 Å². The predicted octanol–water partition coefficient (Wildman–Crippen LogP) is 6.09. The fourth-order valence-electron chi connectivity index (χ4n) is 3.01. The number of ether oxygens (including phenoxy) is 1. The number of nitrogens with two attached hydrogens (primary N) is 1. The molecule has 0 aliphatic carbocycles. The van der Waals surface area contributed by atoms with Crippen molar-refractivity contribution in [2.24, 2.45) is 16.6 Å². The van der Waals surface area contributed by atoms with Gasteiger partial charge in [0.05, 0.1) is 12.6 Å². The number of hydrogen-bond donors (Lipinski definition) is 1. The molecule has 3 heteroatoms. The molecule has 26 heavy (non-hydrogen) atoms. The summed E-state index contributed by atoms with van der Waals surface area (Å²) in [6.07, 6.45) is 6.42. The summed E-state index contributed by atoms with van der Waals surface area (Å²) in [7, 11) is 0. The summed E-state index contributed by atoms with van der Waals surface area (Å²) in [4.78, 5) is 4.51. The number of rotatable bonds is 10. The second kappa shape index (κ2) is 14.2. The molecule has 0 aromatic heterocycles. The Bertz CT molecular complexity index is 486. The Hall–Kier alpha value is -0.930. The van der Waals surface area contributed by atoms with Crippen molar-refractivity contribution in [3.8, 4) is 0 Å². The fraction of sp³-hybridized carbons (Fsp3) is 0.783. The molecule has 2 N–H and O–H groups in total. The molecule has 1 unspecified atom stereocenters. The highest BCUT2D eigenvalue weighted by Crippen LogP contribution is 2.21. The van der Waals surface area contributed by atoms with E-state index in [2.05, 4.69) is 60.4 Å². The van der Waals surface area contributed by atoms with Crippen LogP contribution in [0.2, 0.25) is 0 Å². The highest BCUT2D eigenvalue weighted by molar-refractivity contribution is 6.03. The summed E-state index contributed by atoms with van der Waals surface area (Å²) in [5, 5.41) is 0. The summed E-state index contributed by atoms with van der Waals surface area (Å²) in [5.74, 6) is 0.596. The number of aliphatic imine (C=N–C) groups is 1. The quantitative estimate of drug-likeness (QED) is 0.376. The van der Waals surface area contributed by atoms with Gasteiger partial charge in [0, 0.05) is 18.9 Å². The molecule has 0 saturated carbocycles. The first-order valence-electron chi connectivity index (χ1n) is 10.5. The Labute approximate surface area is 163 Å². The normalized spacial score (nSPS) is 16.3. The summed E-state index contributed by atoms with van der Waals surface area (Å²) in [6.45, 7) is 19.8. The summed E-state index contributed by atoms with van der Waals surface area (Å²) in [6, 6.07) is 0. The molecule has 0 aromatic carbocycles. The van der Waals surface area contributed by atoms with Crippen LogP contribution in [0.15, 0.2) is 27.3 Å². The molecular weight excluding hydrogens is 320 g/mol. The molecule has 0 fully saturated rings. The van der Waals surface area contributed by atoms with E-state index in [1.165, 1.54) is 53.7 Å². The van der Waals surface area contributed by atoms with E-state index in [-0.39, 0.29) is 6.10 Å². The van der Waals surface area contributed by atoms with Crippen LogP contribution in [0.4, 0.5) is 0 Å². The van der Waals surface area contributed by atoms with Crippen molar-refractivity contribution in [1.82, 2.24) is 0 Å². The first kappa shape index (κ1) is 25.1. The van der Waals surface area contributed by atoms with E-state index in [4.69, 9.17) is 10.5 Å². The minimum atomic E-state index is 0.218. The maximum atomic E-state index is 5.76. The summed E-state index contributed by atoms with van der Waals surface area (Å²) >= 11 is 0. The second-order valence-electron chi connectivity index (χ2n) is 7.68. The second-order valence-corrected chi connectivity index (χ2v) is 7.68. The Balaban J connectivity index is 0.000000502. The van der Waals surface area contributed by atoms with Crippen LogP contribution in [-0.2, 0) is 4.74 Å². The fourth-order valence-corrected chi connectivity index (χ4v) is 3.01. The maximum absolute atomic E-state index is 5.76. The number of allylic oxidation sites excluding steroid dienone is 1. The topological polar surface area (TPSA) is 47.6 Å². The van der Waals surface area contributed by atoms with Gasteiger partial charge >= 0.3 is 0 Å². The number of hydrogen-bond acceptors (Lipinski definition) is 3. The molecule has 0 spiro atoms. The van der Waals surface area contributed by atoms with E-state index < -0.39 is 0 Å². The van der Waals surface area contributed by atoms with E-state index in [9.17, 15) is 0 Å². The van der Waals surface area contributed by atoms with Gasteiger partial charge in [-0.25, -0.2) is 0 Å². The van der Waals surface area contributed by atoms with Gasteiger partial charge < -0.3 is 10.5 Å². The van der Waals surface area contributed by atoms with Crippen LogP contribution >= 0.6 is 0 Å². The van der Waals surface area contributed by atoms with E-state index in [0.29, 0.717) is 12.5 Å². The average molecular weight is 365 g/mol. The van der Waals surface area contributed by atoms with Gasteiger partial charge in [0.2, 0.25) is 0 Å². The molecule has 1 aliphatic heterocycles. The molecule has 1 rings (SSSR count). The van der Waals surface area contributed by atoms with Crippen molar-refractivity contribution in [3.63, 3.8) is 0 Å². The summed E-state index contributed by atoms with van der Waals surface area (Å²) in [5.41, 5.74) is 12.4. The zero-order chi connectivity index (χ0) is 20.1. The van der Waals surface area contributed by atoms with Gasteiger partial charge in [0.1, 0.15) is 0 Å². The summed E-state index contributed by atoms with van der Waals surface area (Å²) < 4.78 is 5.76. The smallest absolute Gasteiger partial charge is 0.0757 e. The minimum Gasteiger partial charge on any atom is -0.374 e. The van der Waals surface area contributed by atoms with E-state index in [1.807, 2.05) is 0 Å². The Morgan fingerprint density at radius 1 is 1.12 bits per heavy atom. The van der Waals surface area contributed by atoms with Crippen molar-refractivity contribution in [2.75, 3.05) is 19.7 Å². The van der Waals surface area contributed by atoms with Crippen molar-refractivity contribution in [3.05, 3.63) is 22.3 Å². The molecule has 0 aromatic rings. The van der Waals surface area contributed by atoms with Crippen LogP contribution in [0.25, 0.3) is 0 Å². The molecule has 0 amide bonds. The molecule has 152 valence electrons. The molecule has 1 heterocycles. The average Bonchev–Trinajstić information content (AvgIpc) is 3.01. The predicted molar refractivity (Wildman–Crippen MR) is 117 cm³/mol. The largest absolute Gasteiger partial charge is 0.374 e. The van der Waals surface area contributed by atoms with E-state index in [1.54, 1.807) is 0 Å². The third kappa shape index (κ3) is 9.14. The van der Waals surface area contributed by atoms with Crippen molar-refractivity contribution >= 4 is 5.71 Å². The Kier molecular flexibility index (Phi) is 13.7. The maximum Gasteiger partial charge on any atom is 0.0757 e. The van der Waals surface area contributed by atoms with E-state index in [0.717, 1.165) is 19.6 Å². The third-order valence-corrected chi connectivity index (χ3v) is 5.28. The number of unbranched alkanes of at least 4 members (excludes halogenated alkanes) is 3. The van der Waals surface area contributed by atoms with Crippen LogP contribution < -0.4 is 5.73 Å². The molecule has 3 nitrogen and oxygen atoms in total. The van der Waals surface area contributed by atoms with Gasteiger partial charge in [0.25, 0.3) is 0 Å². The van der Waals surface area contributed by atoms with E-state index >= 15 is 0 Å². The monoisotopic (exact) mass is 364 g/mol. The molecule has 1 aliphatic rings. The zero-order valence-corrected chi connectivity index (χ0v) is 18.7. The van der Waals surface area contributed by atoms with Crippen molar-refractivity contribution in [2.45, 2.75) is 93.6 Å². The molecule has 0 saturated heterocycles. The first-order valence-corrected chi connectivity index (χ1v) is 10.5. The molecular formula is C23H44N2O. The first-order chi connectivity index (χ1) is 12.3. The van der Waals surface area contributed by atoms with Crippen LogP contribution in [0.3, 0.4) is 0 Å². The third-order valence-electron chi connectivity index (χ3n) is 5.28. The SMILES string of the molecule is CCC1=C(C)C(C(C)C)=NC1.CCCCCCOC(C)/C(C)=C(\C)CN. The van der Waals surface area contributed by atoms with Gasteiger partial charge in [-0.05, 0) is 63.2 Å². The lowest BCUT2D eigenvalue weighted by atomic mass is 9.99. The highest BCUT2D eigenvalue weighted by atomic mass is 16.5. The zero-order valence-electron chi connectivity index (χ0n) is 18.7. The molecule has 1 atom stereocenters. The lowest BCUT2D eigenvalue weighted by Crippen LogP contribution is -2.14. The molecule has 0 bridgehead atoms. The van der Waals surface area contributed by atoms with Crippen LogP contribution in [-0.4, -0.2) is 31.5 Å². The lowest BCUT2D eigenvalue weighted by molar-refractivity contribution is 0.0858. The Morgan fingerprint density at radius 3 is 2.19 bits per heavy atom. The van der Waals surface area contributed by atoms with Gasteiger partial charge in [-0.15, -0.1) is 0 Å². The van der Waals surface area contributed by atoms with Gasteiger partial charge in [-0.1, -0.05) is 52.5 Å². The minimum absolute atomic E-state index is 0.218. The van der Waals surface area contributed by atoms with Gasteiger partial charge in [-0.3, -0.25) is 4.99 Å². The lowest BCUT2D eigenvalue weighted by Gasteiger charge is -2.16. The van der Waals surface area contributed by atoms with Gasteiger partial charge in [0.15, 0.2) is 0 Å². The van der Waals surface area contributed by atoms with Crippen LogP contribution in [0, 0.1) is 5.92 Å². The van der Waals surface area contributed by atoms with Crippen LogP contribution in [0.1, 0.15) is 87.5 Å². The molecule has 0 radical (unpaired) electrons.